The van der Waals surface area contributed by atoms with Crippen LogP contribution in [-0.4, -0.2) is 79.2 Å². The summed E-state index contributed by atoms with van der Waals surface area (Å²) in [6.07, 6.45) is 3.59. The number of aliphatic hydroxyl groups excluding tert-OH is 1. The number of hydrogen-bond acceptors (Lipinski definition) is 10. The number of amides is 1. The first-order valence-corrected chi connectivity index (χ1v) is 22.5. The van der Waals surface area contributed by atoms with Gasteiger partial charge in [-0.15, -0.1) is 0 Å². The van der Waals surface area contributed by atoms with Gasteiger partial charge in [-0.05, 0) is 71.0 Å². The lowest BCUT2D eigenvalue weighted by atomic mass is 9.98. The van der Waals surface area contributed by atoms with E-state index in [1.807, 2.05) is 104 Å². The van der Waals surface area contributed by atoms with Crippen LogP contribution in [0.1, 0.15) is 52.2 Å². The second-order valence-corrected chi connectivity index (χ2v) is 17.6. The Kier molecular flexibility index (Phi) is 13.8. The zero-order valence-electron chi connectivity index (χ0n) is 34.7. The van der Waals surface area contributed by atoms with Gasteiger partial charge in [-0.25, -0.2) is 18.4 Å². The summed E-state index contributed by atoms with van der Waals surface area (Å²) in [5.74, 6) is 0.338. The van der Waals surface area contributed by atoms with Crippen LogP contribution in [0.15, 0.2) is 151 Å². The van der Waals surface area contributed by atoms with Crippen LogP contribution in [0.4, 0.5) is 5.95 Å². The minimum absolute atomic E-state index is 0.0157. The van der Waals surface area contributed by atoms with Gasteiger partial charge in [-0.3, -0.25) is 9.69 Å². The molecule has 0 spiro atoms. The minimum atomic E-state index is -3.96. The number of rotatable bonds is 15. The van der Waals surface area contributed by atoms with Gasteiger partial charge in [0.1, 0.15) is 6.04 Å². The summed E-state index contributed by atoms with van der Waals surface area (Å²) in [4.78, 5) is 27.3. The number of benzene rings is 5. The summed E-state index contributed by atoms with van der Waals surface area (Å²) >= 11 is 0. The van der Waals surface area contributed by atoms with E-state index in [0.29, 0.717) is 6.42 Å². The fourth-order valence-electron chi connectivity index (χ4n) is 7.92. The SMILES string of the molecule is Cc1ccc(S(=O)(=O)N[C@H](Cc2ccccc2)C(=O)NCc2cccc(-c3ccc([C@H]4O[C@@H](CN5CCN(c6ncccn6)CC5)C[C@@H](c5ccc(CO)cc5)O4)cc3)c2)cc1. The van der Waals surface area contributed by atoms with Crippen molar-refractivity contribution in [3.8, 4) is 11.1 Å². The van der Waals surface area contributed by atoms with Gasteiger partial charge in [0.15, 0.2) is 6.29 Å². The minimum Gasteiger partial charge on any atom is -0.392 e. The quantitative estimate of drug-likeness (QED) is 0.104. The molecule has 12 nitrogen and oxygen atoms in total. The third-order valence-corrected chi connectivity index (χ3v) is 12.9. The van der Waals surface area contributed by atoms with E-state index in [4.69, 9.17) is 9.47 Å². The molecule has 1 amide bonds. The van der Waals surface area contributed by atoms with Crippen LogP contribution < -0.4 is 14.9 Å². The van der Waals surface area contributed by atoms with Crippen molar-refractivity contribution in [3.63, 3.8) is 0 Å². The Morgan fingerprint density at radius 3 is 2.16 bits per heavy atom. The molecule has 0 unspecified atom stereocenters. The van der Waals surface area contributed by atoms with Crippen molar-refractivity contribution in [2.75, 3.05) is 37.6 Å². The fraction of sp³-hybridized carbons (Fsp3) is 0.286. The van der Waals surface area contributed by atoms with Crippen LogP contribution in [0.2, 0.25) is 0 Å². The molecule has 13 heteroatoms. The molecule has 3 heterocycles. The second kappa shape index (κ2) is 19.9. The number of hydrogen-bond donors (Lipinski definition) is 3. The van der Waals surface area contributed by atoms with E-state index in [0.717, 1.165) is 83.2 Å². The maximum atomic E-state index is 13.7. The molecule has 6 aromatic rings. The molecule has 4 atom stereocenters. The molecule has 2 aliphatic heterocycles. The third kappa shape index (κ3) is 11.0. The topological polar surface area (TPSA) is 146 Å². The lowest BCUT2D eigenvalue weighted by Gasteiger charge is -2.40. The number of carbonyl (C=O) groups excluding carboxylic acids is 1. The molecule has 8 rings (SSSR count). The molecule has 0 saturated carbocycles. The number of piperazine rings is 1. The lowest BCUT2D eigenvalue weighted by Crippen LogP contribution is -2.50. The molecule has 1 aromatic heterocycles. The van der Waals surface area contributed by atoms with Gasteiger partial charge in [-0.2, -0.15) is 4.72 Å². The van der Waals surface area contributed by atoms with Crippen molar-refractivity contribution in [2.24, 2.45) is 0 Å². The predicted octanol–water partition coefficient (Wildman–Crippen LogP) is 6.52. The van der Waals surface area contributed by atoms with Crippen molar-refractivity contribution in [1.82, 2.24) is 24.9 Å². The van der Waals surface area contributed by atoms with Crippen molar-refractivity contribution in [3.05, 3.63) is 179 Å². The van der Waals surface area contributed by atoms with E-state index in [2.05, 4.69) is 41.9 Å². The van der Waals surface area contributed by atoms with Gasteiger partial charge < -0.3 is 24.8 Å². The van der Waals surface area contributed by atoms with Crippen LogP contribution in [0.25, 0.3) is 11.1 Å². The average molecular weight is 853 g/mol. The number of sulfonamides is 1. The van der Waals surface area contributed by atoms with E-state index >= 15 is 0 Å². The fourth-order valence-corrected chi connectivity index (χ4v) is 9.12. The van der Waals surface area contributed by atoms with Crippen molar-refractivity contribution in [2.45, 2.75) is 62.4 Å². The number of aromatic nitrogens is 2. The van der Waals surface area contributed by atoms with Gasteiger partial charge in [0.2, 0.25) is 21.9 Å². The lowest BCUT2D eigenvalue weighted by molar-refractivity contribution is -0.253. The standard InChI is InChI=1S/C49H52N6O6S/c1-35-11-21-44(22-12-35)62(58,59)53-45(30-36-7-3-2-4-8-36)47(57)52-32-38-9-5-10-42(29-38)39-17-19-41(20-18-39)48-60-43(31-46(61-48)40-15-13-37(34-56)14-16-40)33-54-25-27-55(28-26-54)49-50-23-6-24-51-49/h2-24,29,43,45-46,48,53,56H,25-28,30-34H2,1H3,(H,52,57)/t43-,45-,46+,48+/m1/s1. The monoisotopic (exact) mass is 852 g/mol. The highest BCUT2D eigenvalue weighted by Gasteiger charge is 2.34. The zero-order valence-corrected chi connectivity index (χ0v) is 35.5. The predicted molar refractivity (Wildman–Crippen MR) is 238 cm³/mol. The number of carbonyl (C=O) groups is 1. The van der Waals surface area contributed by atoms with Crippen LogP contribution in [0.5, 0.6) is 0 Å². The van der Waals surface area contributed by atoms with Crippen LogP contribution in [0, 0.1) is 6.92 Å². The van der Waals surface area contributed by atoms with Gasteiger partial charge in [-0.1, -0.05) is 115 Å². The summed E-state index contributed by atoms with van der Waals surface area (Å²) in [5, 5.41) is 12.6. The summed E-state index contributed by atoms with van der Waals surface area (Å²) in [5.41, 5.74) is 7.40. The first-order chi connectivity index (χ1) is 30.2. The number of aryl methyl sites for hydroxylation is 1. The molecule has 0 bridgehead atoms. The molecular formula is C49H52N6O6S. The van der Waals surface area contributed by atoms with E-state index in [1.54, 1.807) is 36.7 Å². The molecule has 0 aliphatic carbocycles. The molecule has 2 aliphatic rings. The van der Waals surface area contributed by atoms with Crippen molar-refractivity contribution >= 4 is 21.9 Å². The molecular weight excluding hydrogens is 801 g/mol. The zero-order chi connectivity index (χ0) is 42.9. The number of aliphatic hydroxyl groups is 1. The van der Waals surface area contributed by atoms with Gasteiger partial charge in [0, 0.05) is 63.6 Å². The van der Waals surface area contributed by atoms with Crippen LogP contribution in [0.3, 0.4) is 0 Å². The Balaban J connectivity index is 0.933. The average Bonchev–Trinajstić information content (AvgIpc) is 3.31. The maximum Gasteiger partial charge on any atom is 0.241 e. The number of anilines is 1. The highest BCUT2D eigenvalue weighted by Crippen LogP contribution is 2.39. The molecule has 2 fully saturated rings. The maximum absolute atomic E-state index is 13.7. The number of nitrogens with one attached hydrogen (secondary N) is 2. The Morgan fingerprint density at radius 1 is 0.758 bits per heavy atom. The number of ether oxygens (including phenoxy) is 2. The largest absolute Gasteiger partial charge is 0.392 e. The van der Waals surface area contributed by atoms with E-state index < -0.39 is 28.3 Å². The molecule has 62 heavy (non-hydrogen) atoms. The highest BCUT2D eigenvalue weighted by molar-refractivity contribution is 7.89. The first-order valence-electron chi connectivity index (χ1n) is 21.0. The smallest absolute Gasteiger partial charge is 0.241 e. The molecule has 0 radical (unpaired) electrons. The normalized spacial score (nSPS) is 18.9. The van der Waals surface area contributed by atoms with Crippen molar-refractivity contribution in [1.29, 1.82) is 0 Å². The molecule has 320 valence electrons. The van der Waals surface area contributed by atoms with Crippen molar-refractivity contribution < 1.29 is 27.8 Å². The number of nitrogens with zero attached hydrogens (tertiary/aromatic N) is 4. The highest BCUT2D eigenvalue weighted by atomic mass is 32.2. The first kappa shape index (κ1) is 42.9. The van der Waals surface area contributed by atoms with Crippen LogP contribution in [-0.2, 0) is 43.9 Å². The summed E-state index contributed by atoms with van der Waals surface area (Å²) < 4.78 is 42.8. The van der Waals surface area contributed by atoms with Gasteiger partial charge in [0.05, 0.1) is 23.7 Å². The van der Waals surface area contributed by atoms with Gasteiger partial charge >= 0.3 is 0 Å². The molecule has 2 saturated heterocycles. The summed E-state index contributed by atoms with van der Waals surface area (Å²) in [6, 6.07) is 40.8. The third-order valence-electron chi connectivity index (χ3n) is 11.4. The Hall–Kier alpha value is -5.80. The van der Waals surface area contributed by atoms with E-state index in [9.17, 15) is 18.3 Å². The van der Waals surface area contributed by atoms with E-state index in [-0.39, 0.29) is 36.7 Å². The van der Waals surface area contributed by atoms with E-state index in [1.165, 1.54) is 0 Å². The summed E-state index contributed by atoms with van der Waals surface area (Å²) in [7, 11) is -3.96. The van der Waals surface area contributed by atoms with Crippen LogP contribution >= 0.6 is 0 Å². The Bertz CT molecular complexity index is 2490. The summed E-state index contributed by atoms with van der Waals surface area (Å²) in [6.45, 7) is 6.27. The molecule has 3 N–H and O–H groups in total. The Morgan fingerprint density at radius 2 is 1.45 bits per heavy atom. The second-order valence-electron chi connectivity index (χ2n) is 15.9. The molecule has 5 aromatic carbocycles. The van der Waals surface area contributed by atoms with Gasteiger partial charge in [0.25, 0.3) is 0 Å². The Labute approximate surface area is 363 Å².